The number of aromatic nitrogens is 4. The summed E-state index contributed by atoms with van der Waals surface area (Å²) in [5, 5.41) is 20.6. The molecule has 2 heterocycles. The van der Waals surface area contributed by atoms with Crippen LogP contribution >= 0.6 is 0 Å². The van der Waals surface area contributed by atoms with Gasteiger partial charge in [0.25, 0.3) is 0 Å². The summed E-state index contributed by atoms with van der Waals surface area (Å²) in [7, 11) is 0. The van der Waals surface area contributed by atoms with Gasteiger partial charge in [-0.05, 0) is 41.5 Å². The minimum Gasteiger partial charge on any atom is -0.292 e. The Hall–Kier alpha value is -3.79. The Bertz CT molecular complexity index is 1180. The highest BCUT2D eigenvalue weighted by atomic mass is 19.1. The van der Waals surface area contributed by atoms with Gasteiger partial charge in [0.2, 0.25) is 0 Å². The average molecular weight is 359 g/mol. The molecule has 0 bridgehead atoms. The molecule has 132 valence electrons. The van der Waals surface area contributed by atoms with E-state index in [2.05, 4.69) is 21.4 Å². The van der Waals surface area contributed by atoms with Gasteiger partial charge in [-0.3, -0.25) is 14.6 Å². The molecule has 0 spiro atoms. The van der Waals surface area contributed by atoms with Gasteiger partial charge in [-0.1, -0.05) is 12.1 Å². The monoisotopic (exact) mass is 359 g/mol. The van der Waals surface area contributed by atoms with Gasteiger partial charge in [0.05, 0.1) is 29.9 Å². The molecule has 0 atom stereocenters. The lowest BCUT2D eigenvalue weighted by Gasteiger charge is -2.02. The minimum absolute atomic E-state index is 0.148. The Kier molecular flexibility index (Phi) is 4.22. The van der Waals surface area contributed by atoms with Crippen LogP contribution in [0.25, 0.3) is 10.9 Å². The summed E-state index contributed by atoms with van der Waals surface area (Å²) in [4.78, 5) is 12.6. The van der Waals surface area contributed by atoms with Crippen molar-refractivity contribution in [3.63, 3.8) is 0 Å². The van der Waals surface area contributed by atoms with Crippen LogP contribution in [-0.4, -0.2) is 25.8 Å². The van der Waals surface area contributed by atoms with Crippen LogP contribution < -0.4 is 0 Å². The molecular weight excluding hydrogens is 345 g/mol. The molecule has 4 rings (SSSR count). The Morgan fingerprint density at radius 2 is 2.11 bits per heavy atom. The largest absolute Gasteiger partial charge is 0.292 e. The van der Waals surface area contributed by atoms with Crippen LogP contribution in [0.1, 0.15) is 27.2 Å². The number of ketones is 1. The van der Waals surface area contributed by atoms with Crippen molar-refractivity contribution < 1.29 is 9.18 Å². The maximum absolute atomic E-state index is 13.3. The molecule has 0 aliphatic rings. The van der Waals surface area contributed by atoms with Gasteiger partial charge < -0.3 is 0 Å². The molecule has 4 aromatic rings. The molecule has 2 aromatic carbocycles. The molecule has 27 heavy (non-hydrogen) atoms. The van der Waals surface area contributed by atoms with Crippen molar-refractivity contribution in [3.05, 3.63) is 83.1 Å². The van der Waals surface area contributed by atoms with E-state index in [0.717, 1.165) is 11.1 Å². The highest BCUT2D eigenvalue weighted by molar-refractivity contribution is 6.06. The number of nitrogens with zero attached hydrogens (tertiary/aromatic N) is 4. The fourth-order valence-electron chi connectivity index (χ4n) is 2.98. The maximum Gasteiger partial charge on any atom is 0.188 e. The van der Waals surface area contributed by atoms with Crippen LogP contribution in [0.15, 0.2) is 54.9 Å². The van der Waals surface area contributed by atoms with E-state index >= 15 is 0 Å². The number of hydrogen-bond acceptors (Lipinski definition) is 4. The number of aromatic amines is 1. The van der Waals surface area contributed by atoms with Crippen molar-refractivity contribution in [3.8, 4) is 6.07 Å². The molecule has 7 heteroatoms. The molecule has 0 saturated carbocycles. The molecule has 1 N–H and O–H groups in total. The quantitative estimate of drug-likeness (QED) is 0.554. The topological polar surface area (TPSA) is 87.4 Å². The lowest BCUT2D eigenvalue weighted by Crippen LogP contribution is -2.04. The van der Waals surface area contributed by atoms with E-state index in [1.807, 2.05) is 18.2 Å². The zero-order valence-corrected chi connectivity index (χ0v) is 14.2. The van der Waals surface area contributed by atoms with Crippen LogP contribution in [0.2, 0.25) is 0 Å². The fourth-order valence-corrected chi connectivity index (χ4v) is 2.98. The summed E-state index contributed by atoms with van der Waals surface area (Å²) in [6.07, 6.45) is 3.58. The zero-order valence-electron chi connectivity index (χ0n) is 14.2. The fraction of sp³-hybridized carbons (Fsp3) is 0.100. The number of fused-ring (bicyclic) bond motifs is 1. The van der Waals surface area contributed by atoms with Gasteiger partial charge in [0, 0.05) is 18.0 Å². The van der Waals surface area contributed by atoms with Gasteiger partial charge in [-0.2, -0.15) is 15.5 Å². The third kappa shape index (κ3) is 3.46. The molecule has 0 amide bonds. The predicted octanol–water partition coefficient (Wildman–Crippen LogP) is 3.24. The second-order valence-electron chi connectivity index (χ2n) is 6.22. The first-order chi connectivity index (χ1) is 13.1. The summed E-state index contributed by atoms with van der Waals surface area (Å²) in [6.45, 7) is 0.508. The average Bonchev–Trinajstić information content (AvgIpc) is 3.28. The first-order valence-corrected chi connectivity index (χ1v) is 8.29. The van der Waals surface area contributed by atoms with Crippen LogP contribution in [0.4, 0.5) is 4.39 Å². The number of benzene rings is 2. The van der Waals surface area contributed by atoms with Gasteiger partial charge in [0.15, 0.2) is 5.78 Å². The lowest BCUT2D eigenvalue weighted by atomic mass is 10.1. The first kappa shape index (κ1) is 16.7. The molecule has 2 aromatic heterocycles. The Morgan fingerprint density at radius 1 is 1.22 bits per heavy atom. The number of carbonyl (C=O) groups excluding carboxylic acids is 1. The number of nitriles is 1. The summed E-state index contributed by atoms with van der Waals surface area (Å²) in [5.74, 6) is -0.550. The maximum atomic E-state index is 13.3. The molecule has 0 fully saturated rings. The molecule has 0 saturated heterocycles. The third-order valence-corrected chi connectivity index (χ3v) is 4.24. The number of carbonyl (C=O) groups is 1. The summed E-state index contributed by atoms with van der Waals surface area (Å²) in [6, 6.07) is 13.6. The van der Waals surface area contributed by atoms with Crippen molar-refractivity contribution >= 4 is 16.7 Å². The Morgan fingerprint density at radius 3 is 2.96 bits per heavy atom. The molecule has 6 nitrogen and oxygen atoms in total. The number of Topliss-reactive ketones (excluding diaryl/α,β-unsaturated/α-hetero) is 1. The third-order valence-electron chi connectivity index (χ3n) is 4.24. The van der Waals surface area contributed by atoms with E-state index < -0.39 is 0 Å². The van der Waals surface area contributed by atoms with Gasteiger partial charge >= 0.3 is 0 Å². The SMILES string of the molecule is N#Cc1cccc(Cn2cc(CC(=O)c3n[nH]c4cc(F)ccc34)cn2)c1. The van der Waals surface area contributed by atoms with Crippen molar-refractivity contribution in [2.75, 3.05) is 0 Å². The van der Waals surface area contributed by atoms with Gasteiger partial charge in [-0.15, -0.1) is 0 Å². The molecular formula is C20H14FN5O. The first-order valence-electron chi connectivity index (χ1n) is 8.29. The molecule has 0 unspecified atom stereocenters. The van der Waals surface area contributed by atoms with Gasteiger partial charge in [0.1, 0.15) is 11.5 Å². The van der Waals surface area contributed by atoms with E-state index in [4.69, 9.17) is 5.26 Å². The van der Waals surface area contributed by atoms with Crippen LogP contribution in [0.5, 0.6) is 0 Å². The van der Waals surface area contributed by atoms with E-state index in [1.54, 1.807) is 29.2 Å². The van der Waals surface area contributed by atoms with Crippen LogP contribution in [0.3, 0.4) is 0 Å². The van der Waals surface area contributed by atoms with E-state index in [0.29, 0.717) is 28.7 Å². The number of H-pyrrole nitrogens is 1. The number of halogens is 1. The van der Waals surface area contributed by atoms with E-state index in [-0.39, 0.29) is 18.0 Å². The van der Waals surface area contributed by atoms with Gasteiger partial charge in [-0.25, -0.2) is 4.39 Å². The van der Waals surface area contributed by atoms with Crippen LogP contribution in [-0.2, 0) is 13.0 Å². The molecule has 0 aliphatic carbocycles. The molecule has 0 radical (unpaired) electrons. The Labute approximate surface area is 153 Å². The summed E-state index contributed by atoms with van der Waals surface area (Å²) in [5.41, 5.74) is 3.09. The van der Waals surface area contributed by atoms with Crippen molar-refractivity contribution in [2.24, 2.45) is 0 Å². The number of hydrogen-bond donors (Lipinski definition) is 1. The molecule has 0 aliphatic heterocycles. The number of nitrogens with one attached hydrogen (secondary N) is 1. The predicted molar refractivity (Wildman–Crippen MR) is 96.6 cm³/mol. The summed E-state index contributed by atoms with van der Waals surface area (Å²) < 4.78 is 15.0. The van der Waals surface area contributed by atoms with Crippen molar-refractivity contribution in [1.82, 2.24) is 20.0 Å². The second-order valence-corrected chi connectivity index (χ2v) is 6.22. The smallest absolute Gasteiger partial charge is 0.188 e. The highest BCUT2D eigenvalue weighted by Crippen LogP contribution is 2.19. The number of rotatable bonds is 5. The Balaban J connectivity index is 1.50. The lowest BCUT2D eigenvalue weighted by molar-refractivity contribution is 0.0989. The van der Waals surface area contributed by atoms with Crippen molar-refractivity contribution in [1.29, 1.82) is 5.26 Å². The normalized spacial score (nSPS) is 10.8. The second kappa shape index (κ2) is 6.84. The highest BCUT2D eigenvalue weighted by Gasteiger charge is 2.16. The standard InChI is InChI=1S/C20H14FN5O/c21-16-4-5-17-18(8-16)24-25-20(17)19(27)7-15-10-23-26(12-15)11-14-3-1-2-13(6-14)9-22/h1-6,8,10,12H,7,11H2,(H,24,25). The summed E-state index contributed by atoms with van der Waals surface area (Å²) >= 11 is 0. The minimum atomic E-state index is -0.383. The zero-order chi connectivity index (χ0) is 18.8. The van der Waals surface area contributed by atoms with Crippen molar-refractivity contribution in [2.45, 2.75) is 13.0 Å². The van der Waals surface area contributed by atoms with E-state index in [1.165, 1.54) is 12.1 Å². The van der Waals surface area contributed by atoms with E-state index in [9.17, 15) is 9.18 Å². The van der Waals surface area contributed by atoms with Crippen LogP contribution in [0, 0.1) is 17.1 Å².